The van der Waals surface area contributed by atoms with Gasteiger partial charge in [0.15, 0.2) is 11.4 Å². The van der Waals surface area contributed by atoms with Crippen molar-refractivity contribution < 1.29 is 4.74 Å². The van der Waals surface area contributed by atoms with Gasteiger partial charge in [-0.05, 0) is 18.1 Å². The first kappa shape index (κ1) is 14.4. The maximum atomic E-state index is 9.13. The standard InChI is InChI=1S/C14H14N6O/c1-9(2)7-21-14-10(17)3-4-13(19-14)20-8-18-11(5-15)12(20)6-16/h3-4,8-9H,7,17H2,1-2H3. The molecule has 2 aromatic rings. The van der Waals surface area contributed by atoms with Crippen LogP contribution in [0.4, 0.5) is 5.69 Å². The van der Waals surface area contributed by atoms with Crippen LogP contribution in [-0.2, 0) is 0 Å². The van der Waals surface area contributed by atoms with Crippen molar-refractivity contribution in [3.8, 4) is 23.8 Å². The highest BCUT2D eigenvalue weighted by Gasteiger charge is 2.14. The van der Waals surface area contributed by atoms with E-state index in [1.165, 1.54) is 10.9 Å². The summed E-state index contributed by atoms with van der Waals surface area (Å²) in [7, 11) is 0. The van der Waals surface area contributed by atoms with Crippen molar-refractivity contribution in [3.05, 3.63) is 29.8 Å². The molecule has 7 nitrogen and oxygen atoms in total. The van der Waals surface area contributed by atoms with Crippen LogP contribution in [0.1, 0.15) is 25.2 Å². The third-order valence-corrected chi connectivity index (χ3v) is 2.65. The van der Waals surface area contributed by atoms with Gasteiger partial charge in [-0.3, -0.25) is 4.57 Å². The van der Waals surface area contributed by atoms with E-state index >= 15 is 0 Å². The highest BCUT2D eigenvalue weighted by molar-refractivity contribution is 5.52. The van der Waals surface area contributed by atoms with E-state index in [0.29, 0.717) is 29.9 Å². The van der Waals surface area contributed by atoms with Crippen LogP contribution in [0.2, 0.25) is 0 Å². The Balaban J connectivity index is 2.42. The molecule has 106 valence electrons. The number of ether oxygens (including phenoxy) is 1. The van der Waals surface area contributed by atoms with E-state index in [-0.39, 0.29) is 11.4 Å². The van der Waals surface area contributed by atoms with Crippen molar-refractivity contribution in [1.29, 1.82) is 10.5 Å². The number of nitrogen functional groups attached to an aromatic ring is 1. The van der Waals surface area contributed by atoms with E-state index in [4.69, 9.17) is 21.0 Å². The number of imidazole rings is 1. The first-order chi connectivity index (χ1) is 10.1. The maximum absolute atomic E-state index is 9.13. The average molecular weight is 282 g/mol. The molecule has 0 fully saturated rings. The molecule has 0 aromatic carbocycles. The number of anilines is 1. The van der Waals surface area contributed by atoms with Crippen LogP contribution in [0.15, 0.2) is 18.5 Å². The van der Waals surface area contributed by atoms with Gasteiger partial charge in [0.05, 0.1) is 12.3 Å². The summed E-state index contributed by atoms with van der Waals surface area (Å²) in [6.45, 7) is 4.52. The van der Waals surface area contributed by atoms with E-state index in [1.807, 2.05) is 26.0 Å². The Morgan fingerprint density at radius 2 is 2.10 bits per heavy atom. The fourth-order valence-corrected chi connectivity index (χ4v) is 1.65. The number of hydrogen-bond donors (Lipinski definition) is 1. The van der Waals surface area contributed by atoms with Gasteiger partial charge in [0.1, 0.15) is 24.3 Å². The van der Waals surface area contributed by atoms with Crippen molar-refractivity contribution in [1.82, 2.24) is 14.5 Å². The van der Waals surface area contributed by atoms with E-state index in [1.54, 1.807) is 12.1 Å². The average Bonchev–Trinajstić information content (AvgIpc) is 2.89. The van der Waals surface area contributed by atoms with E-state index in [0.717, 1.165) is 0 Å². The predicted molar refractivity (Wildman–Crippen MR) is 75.5 cm³/mol. The lowest BCUT2D eigenvalue weighted by atomic mass is 10.2. The molecule has 2 heterocycles. The maximum Gasteiger partial charge on any atom is 0.239 e. The van der Waals surface area contributed by atoms with Crippen LogP contribution in [-0.4, -0.2) is 21.1 Å². The molecule has 0 aliphatic rings. The van der Waals surface area contributed by atoms with E-state index in [2.05, 4.69) is 9.97 Å². The van der Waals surface area contributed by atoms with Gasteiger partial charge >= 0.3 is 0 Å². The summed E-state index contributed by atoms with van der Waals surface area (Å²) in [5, 5.41) is 18.0. The first-order valence-electron chi connectivity index (χ1n) is 6.34. The quantitative estimate of drug-likeness (QED) is 0.911. The normalized spacial score (nSPS) is 10.1. The Labute approximate surface area is 122 Å². The van der Waals surface area contributed by atoms with Gasteiger partial charge < -0.3 is 10.5 Å². The third-order valence-electron chi connectivity index (χ3n) is 2.65. The Morgan fingerprint density at radius 3 is 2.71 bits per heavy atom. The molecule has 0 aliphatic carbocycles. The van der Waals surface area contributed by atoms with Crippen LogP contribution < -0.4 is 10.5 Å². The number of nitrogens with zero attached hydrogens (tertiary/aromatic N) is 5. The number of pyridine rings is 1. The molecule has 0 atom stereocenters. The van der Waals surface area contributed by atoms with Crippen LogP contribution >= 0.6 is 0 Å². The molecule has 0 radical (unpaired) electrons. The molecule has 2 aromatic heterocycles. The van der Waals surface area contributed by atoms with Crippen molar-refractivity contribution in [2.24, 2.45) is 5.92 Å². The van der Waals surface area contributed by atoms with Gasteiger partial charge in [-0.2, -0.15) is 15.5 Å². The molecule has 0 saturated carbocycles. The zero-order valence-electron chi connectivity index (χ0n) is 11.7. The smallest absolute Gasteiger partial charge is 0.239 e. The van der Waals surface area contributed by atoms with Gasteiger partial charge in [-0.15, -0.1) is 0 Å². The number of nitrogens with two attached hydrogens (primary N) is 1. The third kappa shape index (κ3) is 2.93. The molecule has 0 bridgehead atoms. The second-order valence-corrected chi connectivity index (χ2v) is 4.80. The molecule has 0 unspecified atom stereocenters. The molecular formula is C14H14N6O. The van der Waals surface area contributed by atoms with Crippen LogP contribution in [0.5, 0.6) is 5.88 Å². The van der Waals surface area contributed by atoms with Gasteiger partial charge in [-0.1, -0.05) is 13.8 Å². The zero-order valence-corrected chi connectivity index (χ0v) is 11.7. The Kier molecular flexibility index (Phi) is 4.05. The number of nitriles is 2. The largest absolute Gasteiger partial charge is 0.476 e. The topological polar surface area (TPSA) is 114 Å². The van der Waals surface area contributed by atoms with Crippen LogP contribution in [0, 0.1) is 28.6 Å². The molecular weight excluding hydrogens is 268 g/mol. The van der Waals surface area contributed by atoms with Crippen molar-refractivity contribution >= 4 is 5.69 Å². The van der Waals surface area contributed by atoms with Crippen molar-refractivity contribution in [2.75, 3.05) is 12.3 Å². The summed E-state index contributed by atoms with van der Waals surface area (Å²) in [5.74, 6) is 1.06. The first-order valence-corrected chi connectivity index (χ1v) is 6.34. The lowest BCUT2D eigenvalue weighted by Gasteiger charge is -2.11. The highest BCUT2D eigenvalue weighted by atomic mass is 16.5. The number of rotatable bonds is 4. The summed E-state index contributed by atoms with van der Waals surface area (Å²) < 4.78 is 6.98. The predicted octanol–water partition coefficient (Wildman–Crippen LogP) is 1.63. The van der Waals surface area contributed by atoms with Crippen molar-refractivity contribution in [2.45, 2.75) is 13.8 Å². The SMILES string of the molecule is CC(C)COc1nc(-n2cnc(C#N)c2C#N)ccc1N. The van der Waals surface area contributed by atoms with Gasteiger partial charge in [-0.25, -0.2) is 4.98 Å². The minimum Gasteiger partial charge on any atom is -0.476 e. The minimum absolute atomic E-state index is 0.0563. The monoisotopic (exact) mass is 282 g/mol. The van der Waals surface area contributed by atoms with Crippen molar-refractivity contribution in [3.63, 3.8) is 0 Å². The Bertz CT molecular complexity index is 735. The fourth-order valence-electron chi connectivity index (χ4n) is 1.65. The summed E-state index contributed by atoms with van der Waals surface area (Å²) in [6.07, 6.45) is 1.38. The lowest BCUT2D eigenvalue weighted by Crippen LogP contribution is -2.09. The summed E-state index contributed by atoms with van der Waals surface area (Å²) >= 11 is 0. The van der Waals surface area contributed by atoms with E-state index < -0.39 is 0 Å². The zero-order chi connectivity index (χ0) is 15.4. The Hall–Kier alpha value is -3.06. The molecule has 2 N–H and O–H groups in total. The molecule has 0 spiro atoms. The lowest BCUT2D eigenvalue weighted by molar-refractivity contribution is 0.263. The molecule has 0 amide bonds. The van der Waals surface area contributed by atoms with Crippen LogP contribution in [0.3, 0.4) is 0 Å². The Morgan fingerprint density at radius 1 is 1.33 bits per heavy atom. The fraction of sp³-hybridized carbons (Fsp3) is 0.286. The van der Waals surface area contributed by atoms with Gasteiger partial charge in [0.25, 0.3) is 0 Å². The number of hydrogen-bond acceptors (Lipinski definition) is 6. The molecule has 0 aliphatic heterocycles. The van der Waals surface area contributed by atoms with Gasteiger partial charge in [0, 0.05) is 0 Å². The minimum atomic E-state index is 0.0563. The summed E-state index contributed by atoms with van der Waals surface area (Å²) in [5.41, 5.74) is 6.43. The van der Waals surface area contributed by atoms with Crippen LogP contribution in [0.25, 0.3) is 5.82 Å². The molecule has 0 saturated heterocycles. The summed E-state index contributed by atoms with van der Waals surface area (Å²) in [6, 6.07) is 7.09. The van der Waals surface area contributed by atoms with E-state index in [9.17, 15) is 0 Å². The highest BCUT2D eigenvalue weighted by Crippen LogP contribution is 2.22. The second-order valence-electron chi connectivity index (χ2n) is 4.80. The summed E-state index contributed by atoms with van der Waals surface area (Å²) in [4.78, 5) is 8.16. The number of aromatic nitrogens is 3. The van der Waals surface area contributed by atoms with Gasteiger partial charge in [0.2, 0.25) is 5.88 Å². The molecule has 7 heteroatoms. The molecule has 21 heavy (non-hydrogen) atoms. The second kappa shape index (κ2) is 5.93. The molecule has 2 rings (SSSR count).